The summed E-state index contributed by atoms with van der Waals surface area (Å²) in [4.78, 5) is 14.2. The van der Waals surface area contributed by atoms with E-state index in [2.05, 4.69) is 0 Å². The van der Waals surface area contributed by atoms with Crippen molar-refractivity contribution in [1.29, 1.82) is 0 Å². The Labute approximate surface area is 98.1 Å². The minimum atomic E-state index is 0.0271. The van der Waals surface area contributed by atoms with Gasteiger partial charge in [-0.1, -0.05) is 6.42 Å². The van der Waals surface area contributed by atoms with Gasteiger partial charge in [0.2, 0.25) is 5.91 Å². The van der Waals surface area contributed by atoms with Crippen LogP contribution in [0.15, 0.2) is 0 Å². The van der Waals surface area contributed by atoms with Gasteiger partial charge in [0.25, 0.3) is 0 Å². The van der Waals surface area contributed by atoms with Crippen molar-refractivity contribution in [3.05, 3.63) is 0 Å². The first-order valence-electron chi connectivity index (χ1n) is 6.13. The first-order valence-corrected chi connectivity index (χ1v) is 6.13. The molecule has 1 aliphatic carbocycles. The largest absolute Gasteiger partial charge is 0.383 e. The van der Waals surface area contributed by atoms with Gasteiger partial charge in [-0.05, 0) is 26.7 Å². The standard InChI is InChI=1S/C12H24N2O2/c1-9(2)14(7-8-16-3)12(15)10-5-4-6-11(10)13/h9-11H,4-8,13H2,1-3H3. The number of ether oxygens (including phenoxy) is 1. The van der Waals surface area contributed by atoms with E-state index in [1.165, 1.54) is 0 Å². The Hall–Kier alpha value is -0.610. The van der Waals surface area contributed by atoms with Crippen molar-refractivity contribution in [3.63, 3.8) is 0 Å². The lowest BCUT2D eigenvalue weighted by Crippen LogP contribution is -2.46. The second kappa shape index (κ2) is 6.21. The second-order valence-corrected chi connectivity index (χ2v) is 4.82. The average Bonchev–Trinajstić information content (AvgIpc) is 2.64. The van der Waals surface area contributed by atoms with Crippen LogP contribution in [0, 0.1) is 5.92 Å². The number of hydrogen-bond acceptors (Lipinski definition) is 3. The molecular formula is C12H24N2O2. The third kappa shape index (κ3) is 3.19. The molecule has 0 spiro atoms. The zero-order chi connectivity index (χ0) is 12.1. The number of nitrogens with two attached hydrogens (primary N) is 1. The Bertz CT molecular complexity index is 231. The molecule has 4 heteroatoms. The van der Waals surface area contributed by atoms with Crippen LogP contribution in [-0.2, 0) is 9.53 Å². The molecule has 1 saturated carbocycles. The van der Waals surface area contributed by atoms with Gasteiger partial charge in [-0.2, -0.15) is 0 Å². The van der Waals surface area contributed by atoms with E-state index >= 15 is 0 Å². The number of amides is 1. The molecule has 94 valence electrons. The van der Waals surface area contributed by atoms with Crippen LogP contribution in [0.4, 0.5) is 0 Å². The predicted octanol–water partition coefficient (Wildman–Crippen LogP) is 0.997. The van der Waals surface area contributed by atoms with Crippen molar-refractivity contribution in [1.82, 2.24) is 4.90 Å². The molecule has 0 aromatic carbocycles. The van der Waals surface area contributed by atoms with Crippen LogP contribution >= 0.6 is 0 Å². The zero-order valence-electron chi connectivity index (χ0n) is 10.6. The summed E-state index contributed by atoms with van der Waals surface area (Å²) < 4.78 is 5.04. The maximum Gasteiger partial charge on any atom is 0.227 e. The second-order valence-electron chi connectivity index (χ2n) is 4.82. The molecule has 2 atom stereocenters. The van der Waals surface area contributed by atoms with Gasteiger partial charge in [0.1, 0.15) is 0 Å². The van der Waals surface area contributed by atoms with Gasteiger partial charge in [-0.3, -0.25) is 4.79 Å². The Morgan fingerprint density at radius 1 is 1.50 bits per heavy atom. The molecule has 2 N–H and O–H groups in total. The van der Waals surface area contributed by atoms with Crippen LogP contribution in [0.5, 0.6) is 0 Å². The fraction of sp³-hybridized carbons (Fsp3) is 0.917. The topological polar surface area (TPSA) is 55.6 Å². The maximum absolute atomic E-state index is 12.3. The summed E-state index contributed by atoms with van der Waals surface area (Å²) >= 11 is 0. The summed E-state index contributed by atoms with van der Waals surface area (Å²) in [5.41, 5.74) is 5.97. The van der Waals surface area contributed by atoms with Crippen molar-refractivity contribution in [2.24, 2.45) is 11.7 Å². The molecule has 0 saturated heterocycles. The monoisotopic (exact) mass is 228 g/mol. The van der Waals surface area contributed by atoms with E-state index in [1.807, 2.05) is 18.7 Å². The Balaban J connectivity index is 2.59. The van der Waals surface area contributed by atoms with Crippen LogP contribution < -0.4 is 5.73 Å². The van der Waals surface area contributed by atoms with Gasteiger partial charge in [0.05, 0.1) is 12.5 Å². The lowest BCUT2D eigenvalue weighted by molar-refractivity contribution is -0.138. The molecule has 4 nitrogen and oxygen atoms in total. The molecule has 1 fully saturated rings. The third-order valence-electron chi connectivity index (χ3n) is 3.33. The van der Waals surface area contributed by atoms with Crippen LogP contribution in [0.25, 0.3) is 0 Å². The summed E-state index contributed by atoms with van der Waals surface area (Å²) in [6.07, 6.45) is 3.00. The average molecular weight is 228 g/mol. The van der Waals surface area contributed by atoms with E-state index in [0.717, 1.165) is 19.3 Å². The number of carbonyl (C=O) groups is 1. The van der Waals surface area contributed by atoms with Crippen LogP contribution in [-0.4, -0.2) is 43.2 Å². The van der Waals surface area contributed by atoms with Crippen LogP contribution in [0.1, 0.15) is 33.1 Å². The highest BCUT2D eigenvalue weighted by Crippen LogP contribution is 2.26. The highest BCUT2D eigenvalue weighted by Gasteiger charge is 2.33. The van der Waals surface area contributed by atoms with Gasteiger partial charge in [0, 0.05) is 25.7 Å². The Morgan fingerprint density at radius 2 is 2.19 bits per heavy atom. The van der Waals surface area contributed by atoms with Crippen molar-refractivity contribution in [2.45, 2.75) is 45.2 Å². The number of carbonyl (C=O) groups excluding carboxylic acids is 1. The molecule has 0 aromatic rings. The van der Waals surface area contributed by atoms with E-state index in [-0.39, 0.29) is 23.9 Å². The van der Waals surface area contributed by atoms with E-state index < -0.39 is 0 Å². The molecule has 0 bridgehead atoms. The van der Waals surface area contributed by atoms with E-state index in [1.54, 1.807) is 7.11 Å². The number of nitrogens with zero attached hydrogens (tertiary/aromatic N) is 1. The highest BCUT2D eigenvalue weighted by atomic mass is 16.5. The van der Waals surface area contributed by atoms with Crippen molar-refractivity contribution >= 4 is 5.91 Å². The van der Waals surface area contributed by atoms with E-state index in [9.17, 15) is 4.79 Å². The highest BCUT2D eigenvalue weighted by molar-refractivity contribution is 5.80. The third-order valence-corrected chi connectivity index (χ3v) is 3.33. The summed E-state index contributed by atoms with van der Waals surface area (Å²) in [5, 5.41) is 0. The molecule has 0 aromatic heterocycles. The van der Waals surface area contributed by atoms with Gasteiger partial charge < -0.3 is 15.4 Å². The molecule has 1 aliphatic rings. The Morgan fingerprint density at radius 3 is 2.62 bits per heavy atom. The quantitative estimate of drug-likeness (QED) is 0.763. The van der Waals surface area contributed by atoms with Gasteiger partial charge in [-0.25, -0.2) is 0 Å². The summed E-state index contributed by atoms with van der Waals surface area (Å²) in [7, 11) is 1.66. The number of rotatable bonds is 5. The zero-order valence-corrected chi connectivity index (χ0v) is 10.6. The van der Waals surface area contributed by atoms with Gasteiger partial charge in [0.15, 0.2) is 0 Å². The predicted molar refractivity (Wildman–Crippen MR) is 64.0 cm³/mol. The van der Waals surface area contributed by atoms with Crippen LogP contribution in [0.2, 0.25) is 0 Å². The van der Waals surface area contributed by atoms with Crippen molar-refractivity contribution in [3.8, 4) is 0 Å². The SMILES string of the molecule is COCCN(C(=O)C1CCCC1N)C(C)C. The molecule has 0 aliphatic heterocycles. The van der Waals surface area contributed by atoms with Gasteiger partial charge in [-0.15, -0.1) is 0 Å². The first kappa shape index (κ1) is 13.5. The minimum Gasteiger partial charge on any atom is -0.383 e. The lowest BCUT2D eigenvalue weighted by atomic mass is 10.0. The molecule has 1 amide bonds. The maximum atomic E-state index is 12.3. The summed E-state index contributed by atoms with van der Waals surface area (Å²) in [6, 6.07) is 0.270. The Kier molecular flexibility index (Phi) is 5.22. The molecule has 0 radical (unpaired) electrons. The van der Waals surface area contributed by atoms with Crippen molar-refractivity contribution < 1.29 is 9.53 Å². The normalized spacial score (nSPS) is 25.1. The molecular weight excluding hydrogens is 204 g/mol. The molecule has 1 rings (SSSR count). The van der Waals surface area contributed by atoms with E-state index in [0.29, 0.717) is 13.2 Å². The van der Waals surface area contributed by atoms with Gasteiger partial charge >= 0.3 is 0 Å². The molecule has 2 unspecified atom stereocenters. The smallest absolute Gasteiger partial charge is 0.227 e. The van der Waals surface area contributed by atoms with Crippen molar-refractivity contribution in [2.75, 3.05) is 20.3 Å². The molecule has 16 heavy (non-hydrogen) atoms. The number of hydrogen-bond donors (Lipinski definition) is 1. The summed E-state index contributed by atoms with van der Waals surface area (Å²) in [5.74, 6) is 0.233. The summed E-state index contributed by atoms with van der Waals surface area (Å²) in [6.45, 7) is 5.32. The fourth-order valence-corrected chi connectivity index (χ4v) is 2.32. The van der Waals surface area contributed by atoms with E-state index in [4.69, 9.17) is 10.5 Å². The first-order chi connectivity index (χ1) is 7.57. The van der Waals surface area contributed by atoms with Crippen LogP contribution in [0.3, 0.4) is 0 Å². The lowest BCUT2D eigenvalue weighted by Gasteiger charge is -2.30. The fourth-order valence-electron chi connectivity index (χ4n) is 2.32. The number of methoxy groups -OCH3 is 1. The molecule has 0 heterocycles. The minimum absolute atomic E-state index is 0.0271.